The second kappa shape index (κ2) is 4.31. The molecule has 0 aliphatic carbocycles. The standard InChI is InChI=1S/C8H10N4O2/c1-12(2)8(13)10-7-4-3-6(11-14)5-9-7/h3-5H,1-2H3,(H,9,10,13). The van der Waals surface area contributed by atoms with Crippen LogP contribution in [0.25, 0.3) is 0 Å². The number of nitrogens with one attached hydrogen (secondary N) is 1. The summed E-state index contributed by atoms with van der Waals surface area (Å²) >= 11 is 0. The molecule has 14 heavy (non-hydrogen) atoms. The first kappa shape index (κ1) is 10.1. The summed E-state index contributed by atoms with van der Waals surface area (Å²) < 4.78 is 0. The van der Waals surface area contributed by atoms with Gasteiger partial charge in [-0.2, -0.15) is 0 Å². The van der Waals surface area contributed by atoms with Gasteiger partial charge in [0, 0.05) is 14.1 Å². The first-order chi connectivity index (χ1) is 6.63. The number of carbonyl (C=O) groups is 1. The maximum Gasteiger partial charge on any atom is 0.322 e. The zero-order chi connectivity index (χ0) is 10.6. The molecule has 0 fully saturated rings. The quantitative estimate of drug-likeness (QED) is 0.726. The monoisotopic (exact) mass is 194 g/mol. The fourth-order valence-corrected chi connectivity index (χ4v) is 0.735. The zero-order valence-electron chi connectivity index (χ0n) is 7.89. The molecule has 0 saturated carbocycles. The van der Waals surface area contributed by atoms with Crippen LogP contribution in [0.5, 0.6) is 0 Å². The van der Waals surface area contributed by atoms with Crippen molar-refractivity contribution in [1.82, 2.24) is 9.88 Å². The predicted octanol–water partition coefficient (Wildman–Crippen LogP) is 1.57. The minimum absolute atomic E-state index is 0.229. The fourth-order valence-electron chi connectivity index (χ4n) is 0.735. The van der Waals surface area contributed by atoms with Crippen LogP contribution in [0.1, 0.15) is 0 Å². The Balaban J connectivity index is 2.69. The largest absolute Gasteiger partial charge is 0.331 e. The molecule has 6 nitrogen and oxygen atoms in total. The van der Waals surface area contributed by atoms with Crippen molar-refractivity contribution in [3.63, 3.8) is 0 Å². The molecule has 0 saturated heterocycles. The van der Waals surface area contributed by atoms with E-state index in [0.717, 1.165) is 0 Å². The molecule has 0 aliphatic rings. The Bertz CT molecular complexity index is 334. The number of hydrogen-bond acceptors (Lipinski definition) is 4. The summed E-state index contributed by atoms with van der Waals surface area (Å²) in [6.07, 6.45) is 1.29. The molecule has 0 unspecified atom stereocenters. The lowest BCUT2D eigenvalue weighted by atomic mass is 10.4. The van der Waals surface area contributed by atoms with Gasteiger partial charge in [-0.15, -0.1) is 4.91 Å². The summed E-state index contributed by atoms with van der Waals surface area (Å²) in [6.45, 7) is 0. The lowest BCUT2D eigenvalue weighted by Crippen LogP contribution is -2.27. The highest BCUT2D eigenvalue weighted by molar-refractivity contribution is 5.87. The smallest absolute Gasteiger partial charge is 0.322 e. The average molecular weight is 194 g/mol. The first-order valence-corrected chi connectivity index (χ1v) is 3.91. The number of anilines is 1. The Morgan fingerprint density at radius 3 is 2.64 bits per heavy atom. The number of nitrogens with zero attached hydrogens (tertiary/aromatic N) is 3. The van der Waals surface area contributed by atoms with Gasteiger partial charge in [0.05, 0.1) is 6.20 Å². The number of nitroso groups, excluding NO2 is 1. The van der Waals surface area contributed by atoms with Gasteiger partial charge < -0.3 is 4.90 Å². The van der Waals surface area contributed by atoms with E-state index in [-0.39, 0.29) is 11.7 Å². The van der Waals surface area contributed by atoms with Crippen molar-refractivity contribution >= 4 is 17.5 Å². The summed E-state index contributed by atoms with van der Waals surface area (Å²) in [6, 6.07) is 2.72. The summed E-state index contributed by atoms with van der Waals surface area (Å²) in [7, 11) is 3.24. The van der Waals surface area contributed by atoms with Crippen LogP contribution in [-0.2, 0) is 0 Å². The SMILES string of the molecule is CN(C)C(=O)Nc1ccc(N=O)cn1. The molecular formula is C8H10N4O2. The molecular weight excluding hydrogens is 184 g/mol. The first-order valence-electron chi connectivity index (χ1n) is 3.91. The Labute approximate surface area is 80.9 Å². The van der Waals surface area contributed by atoms with Crippen molar-refractivity contribution in [3.8, 4) is 0 Å². The molecule has 74 valence electrons. The number of aromatic nitrogens is 1. The lowest BCUT2D eigenvalue weighted by Gasteiger charge is -2.10. The van der Waals surface area contributed by atoms with Crippen LogP contribution >= 0.6 is 0 Å². The van der Waals surface area contributed by atoms with Gasteiger partial charge in [0.1, 0.15) is 11.5 Å². The second-order valence-electron chi connectivity index (χ2n) is 2.82. The van der Waals surface area contributed by atoms with E-state index in [0.29, 0.717) is 5.82 Å². The molecule has 1 heterocycles. The van der Waals surface area contributed by atoms with E-state index >= 15 is 0 Å². The zero-order valence-corrected chi connectivity index (χ0v) is 7.89. The number of carbonyl (C=O) groups excluding carboxylic acids is 1. The number of urea groups is 1. The maximum atomic E-state index is 11.2. The third-order valence-corrected chi connectivity index (χ3v) is 1.49. The Morgan fingerprint density at radius 2 is 2.21 bits per heavy atom. The molecule has 0 radical (unpaired) electrons. The third kappa shape index (κ3) is 2.51. The summed E-state index contributed by atoms with van der Waals surface area (Å²) in [5, 5.41) is 5.22. The van der Waals surface area contributed by atoms with E-state index in [4.69, 9.17) is 0 Å². The summed E-state index contributed by atoms with van der Waals surface area (Å²) in [5.41, 5.74) is 0.229. The van der Waals surface area contributed by atoms with Gasteiger partial charge in [0.25, 0.3) is 0 Å². The predicted molar refractivity (Wildman–Crippen MR) is 52.4 cm³/mol. The van der Waals surface area contributed by atoms with Gasteiger partial charge in [-0.25, -0.2) is 9.78 Å². The van der Waals surface area contributed by atoms with Gasteiger partial charge in [-0.05, 0) is 17.3 Å². The summed E-state index contributed by atoms with van der Waals surface area (Å²) in [4.78, 5) is 26.4. The molecule has 1 aromatic heterocycles. The van der Waals surface area contributed by atoms with Crippen molar-refractivity contribution < 1.29 is 4.79 Å². The van der Waals surface area contributed by atoms with E-state index in [9.17, 15) is 9.70 Å². The van der Waals surface area contributed by atoms with Crippen LogP contribution in [0.2, 0.25) is 0 Å². The Morgan fingerprint density at radius 1 is 1.50 bits per heavy atom. The van der Waals surface area contributed by atoms with E-state index in [1.807, 2.05) is 0 Å². The number of pyridine rings is 1. The van der Waals surface area contributed by atoms with E-state index < -0.39 is 0 Å². The van der Waals surface area contributed by atoms with Crippen molar-refractivity contribution in [2.24, 2.45) is 5.18 Å². The molecule has 0 aromatic carbocycles. The molecule has 0 bridgehead atoms. The molecule has 1 rings (SSSR count). The van der Waals surface area contributed by atoms with Crippen molar-refractivity contribution in [3.05, 3.63) is 23.2 Å². The summed E-state index contributed by atoms with van der Waals surface area (Å²) in [5.74, 6) is 0.385. The van der Waals surface area contributed by atoms with E-state index in [1.165, 1.54) is 23.2 Å². The minimum atomic E-state index is -0.274. The minimum Gasteiger partial charge on any atom is -0.331 e. The van der Waals surface area contributed by atoms with Crippen molar-refractivity contribution in [2.75, 3.05) is 19.4 Å². The maximum absolute atomic E-state index is 11.2. The third-order valence-electron chi connectivity index (χ3n) is 1.49. The van der Waals surface area contributed by atoms with E-state index in [2.05, 4.69) is 15.5 Å². The van der Waals surface area contributed by atoms with Gasteiger partial charge in [-0.1, -0.05) is 0 Å². The van der Waals surface area contributed by atoms with Crippen LogP contribution in [-0.4, -0.2) is 30.0 Å². The fraction of sp³-hybridized carbons (Fsp3) is 0.250. The van der Waals surface area contributed by atoms with Crippen LogP contribution in [0, 0.1) is 4.91 Å². The molecule has 0 aliphatic heterocycles. The van der Waals surface area contributed by atoms with Crippen molar-refractivity contribution in [2.45, 2.75) is 0 Å². The Hall–Kier alpha value is -1.98. The van der Waals surface area contributed by atoms with Crippen LogP contribution in [0.4, 0.5) is 16.3 Å². The van der Waals surface area contributed by atoms with Crippen molar-refractivity contribution in [1.29, 1.82) is 0 Å². The number of rotatable bonds is 2. The molecule has 0 atom stereocenters. The average Bonchev–Trinajstić information content (AvgIpc) is 2.19. The highest BCUT2D eigenvalue weighted by Crippen LogP contribution is 2.11. The van der Waals surface area contributed by atoms with Crippen LogP contribution < -0.4 is 5.32 Å². The highest BCUT2D eigenvalue weighted by atomic mass is 16.3. The lowest BCUT2D eigenvalue weighted by molar-refractivity contribution is 0.230. The highest BCUT2D eigenvalue weighted by Gasteiger charge is 2.04. The topological polar surface area (TPSA) is 74.7 Å². The molecule has 2 amide bonds. The molecule has 6 heteroatoms. The van der Waals surface area contributed by atoms with Gasteiger partial charge in [-0.3, -0.25) is 5.32 Å². The normalized spacial score (nSPS) is 9.29. The van der Waals surface area contributed by atoms with E-state index in [1.54, 1.807) is 14.1 Å². The van der Waals surface area contributed by atoms with Crippen LogP contribution in [0.15, 0.2) is 23.5 Å². The Kier molecular flexibility index (Phi) is 3.11. The number of hydrogen-bond donors (Lipinski definition) is 1. The molecule has 0 spiro atoms. The van der Waals surface area contributed by atoms with Crippen LogP contribution in [0.3, 0.4) is 0 Å². The number of amides is 2. The second-order valence-corrected chi connectivity index (χ2v) is 2.82. The van der Waals surface area contributed by atoms with Gasteiger partial charge in [0.2, 0.25) is 0 Å². The molecule has 1 N–H and O–H groups in total. The molecule has 1 aromatic rings. The van der Waals surface area contributed by atoms with Gasteiger partial charge >= 0.3 is 6.03 Å². The van der Waals surface area contributed by atoms with Gasteiger partial charge in [0.15, 0.2) is 0 Å².